The number of hydrogen-bond donors (Lipinski definition) is 1. The summed E-state index contributed by atoms with van der Waals surface area (Å²) >= 11 is 0. The fourth-order valence-corrected chi connectivity index (χ4v) is 3.19. The minimum absolute atomic E-state index is 0.215. The third kappa shape index (κ3) is 3.45. The fraction of sp³-hybridized carbons (Fsp3) is 0.474. The minimum Gasteiger partial charge on any atom is -0.469 e. The van der Waals surface area contributed by atoms with Crippen LogP contribution >= 0.6 is 0 Å². The number of ether oxygens (including phenoxy) is 2. The van der Waals surface area contributed by atoms with E-state index in [0.717, 1.165) is 28.7 Å². The van der Waals surface area contributed by atoms with E-state index < -0.39 is 0 Å². The van der Waals surface area contributed by atoms with Gasteiger partial charge in [0.05, 0.1) is 18.4 Å². The topological polar surface area (TPSA) is 78.6 Å². The first-order valence-electron chi connectivity index (χ1n) is 8.22. The number of nitrogen functional groups attached to an aromatic ring is 1. The van der Waals surface area contributed by atoms with Gasteiger partial charge in [-0.1, -0.05) is 18.6 Å². The summed E-state index contributed by atoms with van der Waals surface area (Å²) in [4.78, 5) is 23.2. The Bertz CT molecular complexity index is 704. The number of allylic oxidation sites excluding steroid dienone is 2. The number of esters is 2. The summed E-state index contributed by atoms with van der Waals surface area (Å²) < 4.78 is 9.82. The van der Waals surface area contributed by atoms with Crippen molar-refractivity contribution in [2.75, 3.05) is 12.8 Å². The molecular weight excluding hydrogens is 306 g/mol. The number of hydrogen-bond acceptors (Lipinski definition) is 5. The molecule has 1 aromatic rings. The Balaban J connectivity index is 2.30. The molecule has 1 aromatic carbocycles. The molecule has 24 heavy (non-hydrogen) atoms. The van der Waals surface area contributed by atoms with Gasteiger partial charge in [-0.3, -0.25) is 4.79 Å². The molecule has 0 aromatic heterocycles. The van der Waals surface area contributed by atoms with Crippen LogP contribution < -0.4 is 5.73 Å². The lowest BCUT2D eigenvalue weighted by atomic mass is 9.88. The maximum Gasteiger partial charge on any atom is 0.341 e. The third-order valence-corrected chi connectivity index (χ3v) is 4.68. The number of carbonyl (C=O) groups is 2. The van der Waals surface area contributed by atoms with Gasteiger partial charge in [0.15, 0.2) is 0 Å². The van der Waals surface area contributed by atoms with Crippen molar-refractivity contribution < 1.29 is 19.1 Å². The van der Waals surface area contributed by atoms with Crippen LogP contribution in [-0.2, 0) is 33.7 Å². The van der Waals surface area contributed by atoms with E-state index in [9.17, 15) is 9.59 Å². The van der Waals surface area contributed by atoms with Gasteiger partial charge in [0.2, 0.25) is 0 Å². The zero-order valence-corrected chi connectivity index (χ0v) is 14.8. The predicted molar refractivity (Wildman–Crippen MR) is 92.8 cm³/mol. The lowest BCUT2D eigenvalue weighted by molar-refractivity contribution is -0.140. The van der Waals surface area contributed by atoms with Crippen LogP contribution in [0.25, 0.3) is 0 Å². The third-order valence-electron chi connectivity index (χ3n) is 4.68. The molecule has 0 bridgehead atoms. The molecule has 0 spiro atoms. The number of benzene rings is 1. The number of anilines is 1. The largest absolute Gasteiger partial charge is 0.469 e. The Morgan fingerprint density at radius 3 is 2.67 bits per heavy atom. The van der Waals surface area contributed by atoms with Gasteiger partial charge in [-0.25, -0.2) is 4.79 Å². The van der Waals surface area contributed by atoms with Crippen LogP contribution in [0.15, 0.2) is 11.6 Å². The summed E-state index contributed by atoms with van der Waals surface area (Å²) in [5.74, 6) is -0.548. The highest BCUT2D eigenvalue weighted by atomic mass is 16.5. The van der Waals surface area contributed by atoms with Gasteiger partial charge >= 0.3 is 11.9 Å². The molecule has 1 aliphatic heterocycles. The Kier molecular flexibility index (Phi) is 5.65. The fourth-order valence-electron chi connectivity index (χ4n) is 3.19. The van der Waals surface area contributed by atoms with Gasteiger partial charge in [-0.15, -0.1) is 0 Å². The molecule has 2 rings (SSSR count). The van der Waals surface area contributed by atoms with E-state index in [1.807, 2.05) is 13.8 Å². The van der Waals surface area contributed by atoms with Gasteiger partial charge in [0.1, 0.15) is 6.61 Å². The van der Waals surface area contributed by atoms with Crippen LogP contribution in [-0.4, -0.2) is 19.0 Å². The minimum atomic E-state index is -0.333. The zero-order chi connectivity index (χ0) is 17.9. The first-order valence-corrected chi connectivity index (χ1v) is 8.22. The zero-order valence-electron chi connectivity index (χ0n) is 14.8. The van der Waals surface area contributed by atoms with Crippen LogP contribution in [0.3, 0.4) is 0 Å². The molecule has 0 saturated carbocycles. The summed E-state index contributed by atoms with van der Waals surface area (Å²) in [6.07, 6.45) is 4.58. The first-order chi connectivity index (χ1) is 11.4. The van der Waals surface area contributed by atoms with E-state index in [2.05, 4.69) is 17.7 Å². The van der Waals surface area contributed by atoms with E-state index in [-0.39, 0.29) is 11.9 Å². The van der Waals surface area contributed by atoms with Crippen molar-refractivity contribution in [2.45, 2.75) is 53.1 Å². The van der Waals surface area contributed by atoms with Crippen LogP contribution in [0.4, 0.5) is 5.69 Å². The number of rotatable bonds is 6. The Hall–Kier alpha value is -2.30. The van der Waals surface area contributed by atoms with E-state index in [0.29, 0.717) is 37.1 Å². The highest BCUT2D eigenvalue weighted by molar-refractivity contribution is 6.00. The SMILES string of the molecule is CCc1c(C)c2c(c(N)c1C/C=C(\C)CCC(=O)OC)C(=O)OC2. The predicted octanol–water partition coefficient (Wildman–Crippen LogP) is 3.25. The molecule has 0 saturated heterocycles. The average molecular weight is 331 g/mol. The van der Waals surface area contributed by atoms with Crippen molar-refractivity contribution >= 4 is 17.6 Å². The Morgan fingerprint density at radius 2 is 2.04 bits per heavy atom. The van der Waals surface area contributed by atoms with Crippen LogP contribution in [0.2, 0.25) is 0 Å². The van der Waals surface area contributed by atoms with Crippen molar-refractivity contribution in [3.8, 4) is 0 Å². The van der Waals surface area contributed by atoms with E-state index >= 15 is 0 Å². The average Bonchev–Trinajstić information content (AvgIpc) is 2.96. The quantitative estimate of drug-likeness (QED) is 0.492. The van der Waals surface area contributed by atoms with Crippen molar-refractivity contribution in [3.63, 3.8) is 0 Å². The molecule has 0 fully saturated rings. The van der Waals surface area contributed by atoms with Crippen LogP contribution in [0.5, 0.6) is 0 Å². The summed E-state index contributed by atoms with van der Waals surface area (Å²) in [5.41, 5.74) is 12.7. The van der Waals surface area contributed by atoms with Gasteiger partial charge in [-0.05, 0) is 49.8 Å². The highest BCUT2D eigenvalue weighted by Gasteiger charge is 2.29. The Labute approximate surface area is 142 Å². The second kappa shape index (κ2) is 7.51. The van der Waals surface area contributed by atoms with Crippen LogP contribution in [0.1, 0.15) is 59.3 Å². The van der Waals surface area contributed by atoms with Gasteiger partial charge in [0, 0.05) is 12.0 Å². The van der Waals surface area contributed by atoms with Crippen molar-refractivity contribution in [2.24, 2.45) is 0 Å². The maximum atomic E-state index is 12.0. The molecule has 0 atom stereocenters. The molecule has 0 radical (unpaired) electrons. The van der Waals surface area contributed by atoms with Crippen LogP contribution in [0, 0.1) is 6.92 Å². The van der Waals surface area contributed by atoms with Crippen molar-refractivity contribution in [1.82, 2.24) is 0 Å². The molecule has 1 aliphatic rings. The standard InChI is InChI=1S/C19H25NO4/c1-5-13-12(3)15-10-24-19(22)17(15)18(20)14(13)8-6-11(2)7-9-16(21)23-4/h6H,5,7-10,20H2,1-4H3/b11-6+. The normalized spacial score (nSPS) is 13.7. The number of fused-ring (bicyclic) bond motifs is 1. The van der Waals surface area contributed by atoms with Gasteiger partial charge in [0.25, 0.3) is 0 Å². The van der Waals surface area contributed by atoms with Gasteiger partial charge in [-0.2, -0.15) is 0 Å². The van der Waals surface area contributed by atoms with E-state index in [1.165, 1.54) is 12.7 Å². The summed E-state index contributed by atoms with van der Waals surface area (Å²) in [7, 11) is 1.39. The van der Waals surface area contributed by atoms with E-state index in [1.54, 1.807) is 0 Å². The molecule has 5 nitrogen and oxygen atoms in total. The second-order valence-corrected chi connectivity index (χ2v) is 6.11. The number of methoxy groups -OCH3 is 1. The monoisotopic (exact) mass is 331 g/mol. The molecule has 5 heteroatoms. The number of cyclic esters (lactones) is 1. The molecular formula is C19H25NO4. The smallest absolute Gasteiger partial charge is 0.341 e. The maximum absolute atomic E-state index is 12.0. The molecule has 1 heterocycles. The highest BCUT2D eigenvalue weighted by Crippen LogP contribution is 2.35. The first kappa shape index (κ1) is 18.0. The molecule has 2 N–H and O–H groups in total. The summed E-state index contributed by atoms with van der Waals surface area (Å²) in [5, 5.41) is 0. The number of carbonyl (C=O) groups excluding carboxylic acids is 2. The van der Waals surface area contributed by atoms with Gasteiger partial charge < -0.3 is 15.2 Å². The molecule has 130 valence electrons. The Morgan fingerprint density at radius 1 is 1.33 bits per heavy atom. The molecule has 0 amide bonds. The molecule has 0 unspecified atom stereocenters. The van der Waals surface area contributed by atoms with Crippen molar-refractivity contribution in [3.05, 3.63) is 39.5 Å². The number of nitrogens with two attached hydrogens (primary N) is 1. The second-order valence-electron chi connectivity index (χ2n) is 6.11. The molecule has 0 aliphatic carbocycles. The van der Waals surface area contributed by atoms with E-state index in [4.69, 9.17) is 10.5 Å². The summed E-state index contributed by atoms with van der Waals surface area (Å²) in [6.45, 7) is 6.41. The summed E-state index contributed by atoms with van der Waals surface area (Å²) in [6, 6.07) is 0. The lowest BCUT2D eigenvalue weighted by Crippen LogP contribution is -2.09. The lowest BCUT2D eigenvalue weighted by Gasteiger charge is -2.17. The van der Waals surface area contributed by atoms with Crippen molar-refractivity contribution in [1.29, 1.82) is 0 Å².